The second-order valence-corrected chi connectivity index (χ2v) is 5.65. The second kappa shape index (κ2) is 12.1. The van der Waals surface area contributed by atoms with E-state index >= 15 is 0 Å². The van der Waals surface area contributed by atoms with E-state index < -0.39 is 6.10 Å². The van der Waals surface area contributed by atoms with Crippen LogP contribution in [-0.2, 0) is 6.54 Å². The van der Waals surface area contributed by atoms with Crippen LogP contribution < -0.4 is 5.73 Å². The van der Waals surface area contributed by atoms with Gasteiger partial charge in [-0.1, -0.05) is 37.3 Å². The number of hydrogen-bond donors (Lipinski definition) is 3. The van der Waals surface area contributed by atoms with E-state index in [9.17, 15) is 5.11 Å². The highest BCUT2D eigenvalue weighted by atomic mass is 16.4. The summed E-state index contributed by atoms with van der Waals surface area (Å²) in [4.78, 5) is 4.05. The van der Waals surface area contributed by atoms with Gasteiger partial charge in [0.25, 0.3) is 0 Å². The van der Waals surface area contributed by atoms with Gasteiger partial charge in [-0.3, -0.25) is 0 Å². The molecule has 0 spiro atoms. The van der Waals surface area contributed by atoms with E-state index in [1.807, 2.05) is 0 Å². The van der Waals surface area contributed by atoms with Gasteiger partial charge in [-0.2, -0.15) is 0 Å². The molecule has 1 atom stereocenters. The van der Waals surface area contributed by atoms with Crippen LogP contribution in [0.1, 0.15) is 52.0 Å². The molecule has 1 aliphatic carbocycles. The standard InChI is InChI=1S/C14H18N4O2.C3H8.C2H4/c1-11(19)13-16-8-9-18(13)10-12(17-20)4-2-3-5-14(15)6-7-14;1-3-2;1-2/h2,4,8-9,11,19-20H,6-7,10,15H2,1H3;3H2,1-2H3;1-2H2/b4-2+,17-12+;;. The van der Waals surface area contributed by atoms with Crippen molar-refractivity contribution in [1.82, 2.24) is 9.55 Å². The Morgan fingerprint density at radius 3 is 2.60 bits per heavy atom. The normalized spacial score (nSPS) is 15.8. The number of aliphatic hydroxyl groups is 1. The summed E-state index contributed by atoms with van der Waals surface area (Å²) in [6.07, 6.45) is 8.97. The van der Waals surface area contributed by atoms with Crippen molar-refractivity contribution >= 4 is 5.71 Å². The minimum absolute atomic E-state index is 0.308. The summed E-state index contributed by atoms with van der Waals surface area (Å²) in [5.41, 5.74) is 5.93. The molecule has 6 heteroatoms. The minimum Gasteiger partial charge on any atom is -0.411 e. The number of aliphatic hydroxyl groups excluding tert-OH is 1. The molecule has 6 nitrogen and oxygen atoms in total. The number of imidazole rings is 1. The maximum Gasteiger partial charge on any atom is 0.137 e. The van der Waals surface area contributed by atoms with Crippen molar-refractivity contribution < 1.29 is 10.3 Å². The third kappa shape index (κ3) is 8.89. The number of aromatic nitrogens is 2. The summed E-state index contributed by atoms with van der Waals surface area (Å²) < 4.78 is 1.71. The molecule has 1 aliphatic rings. The van der Waals surface area contributed by atoms with Gasteiger partial charge in [0.15, 0.2) is 0 Å². The second-order valence-electron chi connectivity index (χ2n) is 5.65. The van der Waals surface area contributed by atoms with E-state index in [0.29, 0.717) is 18.1 Å². The van der Waals surface area contributed by atoms with Gasteiger partial charge in [-0.15, -0.1) is 13.2 Å². The molecule has 4 N–H and O–H groups in total. The lowest BCUT2D eigenvalue weighted by atomic mass is 10.2. The van der Waals surface area contributed by atoms with Crippen LogP contribution in [0.2, 0.25) is 0 Å². The first-order valence-electron chi connectivity index (χ1n) is 8.34. The zero-order chi connectivity index (χ0) is 19.3. The Labute approximate surface area is 150 Å². The Bertz CT molecular complexity index is 617. The first-order chi connectivity index (χ1) is 12.0. The summed E-state index contributed by atoms with van der Waals surface area (Å²) >= 11 is 0. The lowest BCUT2D eigenvalue weighted by molar-refractivity contribution is 0.185. The van der Waals surface area contributed by atoms with Gasteiger partial charge in [0.1, 0.15) is 11.9 Å². The highest BCUT2D eigenvalue weighted by molar-refractivity contribution is 5.94. The molecule has 1 fully saturated rings. The van der Waals surface area contributed by atoms with Crippen LogP contribution in [0.4, 0.5) is 0 Å². The van der Waals surface area contributed by atoms with Crippen LogP contribution in [0.5, 0.6) is 0 Å². The molecular formula is C19H30N4O2. The Balaban J connectivity index is 0.00000104. The maximum atomic E-state index is 9.55. The average molecular weight is 346 g/mol. The smallest absolute Gasteiger partial charge is 0.137 e. The number of hydrogen-bond acceptors (Lipinski definition) is 5. The zero-order valence-electron chi connectivity index (χ0n) is 15.4. The minimum atomic E-state index is -0.680. The van der Waals surface area contributed by atoms with Crippen LogP contribution >= 0.6 is 0 Å². The third-order valence-electron chi connectivity index (χ3n) is 3.05. The maximum absolute atomic E-state index is 9.55. The van der Waals surface area contributed by atoms with E-state index in [2.05, 4.69) is 49.0 Å². The van der Waals surface area contributed by atoms with E-state index in [4.69, 9.17) is 10.9 Å². The summed E-state index contributed by atoms with van der Waals surface area (Å²) in [5.74, 6) is 6.31. The molecule has 0 amide bonds. The van der Waals surface area contributed by atoms with Crippen LogP contribution in [0.3, 0.4) is 0 Å². The van der Waals surface area contributed by atoms with Gasteiger partial charge in [0.2, 0.25) is 0 Å². The van der Waals surface area contributed by atoms with Crippen LogP contribution in [0.25, 0.3) is 0 Å². The summed E-state index contributed by atoms with van der Waals surface area (Å²) in [5, 5.41) is 21.8. The summed E-state index contributed by atoms with van der Waals surface area (Å²) in [6, 6.07) is 0. The predicted octanol–water partition coefficient (Wildman–Crippen LogP) is 3.04. The third-order valence-corrected chi connectivity index (χ3v) is 3.05. The zero-order valence-corrected chi connectivity index (χ0v) is 15.4. The molecule has 1 saturated carbocycles. The first kappa shape index (κ1) is 22.6. The number of nitrogens with two attached hydrogens (primary N) is 1. The lowest BCUT2D eigenvalue weighted by Crippen LogP contribution is -2.18. The molecular weight excluding hydrogens is 316 g/mol. The van der Waals surface area contributed by atoms with Gasteiger partial charge in [-0.05, 0) is 31.9 Å². The molecule has 0 aliphatic heterocycles. The molecule has 138 valence electrons. The number of oxime groups is 1. The van der Waals surface area contributed by atoms with Crippen molar-refractivity contribution in [3.8, 4) is 11.8 Å². The van der Waals surface area contributed by atoms with Crippen molar-refractivity contribution in [3.05, 3.63) is 43.5 Å². The molecule has 0 saturated heterocycles. The van der Waals surface area contributed by atoms with Crippen molar-refractivity contribution in [2.24, 2.45) is 10.9 Å². The van der Waals surface area contributed by atoms with E-state index in [-0.39, 0.29) is 5.54 Å². The summed E-state index contributed by atoms with van der Waals surface area (Å²) in [6.45, 7) is 12.2. The molecule has 1 aromatic heterocycles. The molecule has 25 heavy (non-hydrogen) atoms. The lowest BCUT2D eigenvalue weighted by Gasteiger charge is -2.08. The van der Waals surface area contributed by atoms with E-state index in [1.165, 1.54) is 6.42 Å². The van der Waals surface area contributed by atoms with Gasteiger partial charge < -0.3 is 20.6 Å². The molecule has 0 aromatic carbocycles. The SMILES string of the molecule is C=C.CC(O)c1nccn1CC(/C=C/C#CC1(N)CC1)=N/O.CCC. The Morgan fingerprint density at radius 2 is 2.12 bits per heavy atom. The first-order valence-corrected chi connectivity index (χ1v) is 8.34. The van der Waals surface area contributed by atoms with Gasteiger partial charge in [0, 0.05) is 12.4 Å². The quantitative estimate of drug-likeness (QED) is 0.257. The largest absolute Gasteiger partial charge is 0.411 e. The Morgan fingerprint density at radius 1 is 1.52 bits per heavy atom. The molecule has 1 heterocycles. The van der Waals surface area contributed by atoms with Crippen molar-refractivity contribution in [3.63, 3.8) is 0 Å². The van der Waals surface area contributed by atoms with Crippen molar-refractivity contribution in [1.29, 1.82) is 0 Å². The van der Waals surface area contributed by atoms with E-state index in [1.54, 1.807) is 36.0 Å². The average Bonchev–Trinajstić information content (AvgIpc) is 3.14. The Hall–Kier alpha value is -2.36. The van der Waals surface area contributed by atoms with Gasteiger partial charge in [0.05, 0.1) is 17.8 Å². The van der Waals surface area contributed by atoms with Crippen molar-refractivity contribution in [2.45, 2.75) is 58.2 Å². The van der Waals surface area contributed by atoms with Crippen molar-refractivity contribution in [2.75, 3.05) is 0 Å². The fourth-order valence-electron chi connectivity index (χ4n) is 1.70. The molecule has 0 radical (unpaired) electrons. The highest BCUT2D eigenvalue weighted by Gasteiger charge is 2.35. The molecule has 1 aromatic rings. The Kier molecular flexibility index (Phi) is 10.9. The highest BCUT2D eigenvalue weighted by Crippen LogP contribution is 2.30. The fourth-order valence-corrected chi connectivity index (χ4v) is 1.70. The summed E-state index contributed by atoms with van der Waals surface area (Å²) in [7, 11) is 0. The van der Waals surface area contributed by atoms with Crippen LogP contribution in [0, 0.1) is 11.8 Å². The van der Waals surface area contributed by atoms with Gasteiger partial charge >= 0.3 is 0 Å². The molecule has 1 unspecified atom stereocenters. The molecule has 0 bridgehead atoms. The van der Waals surface area contributed by atoms with Gasteiger partial charge in [-0.25, -0.2) is 4.98 Å². The number of allylic oxidation sites excluding steroid dienone is 2. The van der Waals surface area contributed by atoms with E-state index in [0.717, 1.165) is 12.8 Å². The molecule has 2 rings (SSSR count). The predicted molar refractivity (Wildman–Crippen MR) is 102 cm³/mol. The number of nitrogens with zero attached hydrogens (tertiary/aromatic N) is 3. The van der Waals surface area contributed by atoms with Crippen LogP contribution in [0.15, 0.2) is 42.9 Å². The number of rotatable bonds is 4. The fraction of sp³-hybridized carbons (Fsp3) is 0.474. The topological polar surface area (TPSA) is 96.7 Å². The monoisotopic (exact) mass is 346 g/mol. The van der Waals surface area contributed by atoms with Crippen LogP contribution in [-0.4, -0.2) is 31.1 Å².